The molecule has 8 nitrogen and oxygen atoms in total. The smallest absolute Gasteiger partial charge is 0.410 e. The summed E-state index contributed by atoms with van der Waals surface area (Å²) in [6.07, 6.45) is 0.500. The lowest BCUT2D eigenvalue weighted by Gasteiger charge is -2.32. The van der Waals surface area contributed by atoms with Crippen molar-refractivity contribution in [1.82, 2.24) is 4.90 Å². The van der Waals surface area contributed by atoms with Gasteiger partial charge in [-0.25, -0.2) is 4.79 Å². The van der Waals surface area contributed by atoms with Crippen LogP contribution in [0.1, 0.15) is 39.2 Å². The molecule has 2 rings (SSSR count). The Morgan fingerprint density at radius 1 is 1.28 bits per heavy atom. The first-order chi connectivity index (χ1) is 13.6. The van der Waals surface area contributed by atoms with Crippen LogP contribution in [0.4, 0.5) is 10.5 Å². The number of carbonyl (C=O) groups is 3. The minimum Gasteiger partial charge on any atom is -0.455 e. The van der Waals surface area contributed by atoms with Crippen LogP contribution in [0.3, 0.4) is 0 Å². The lowest BCUT2D eigenvalue weighted by molar-refractivity contribution is -0.153. The van der Waals surface area contributed by atoms with Crippen molar-refractivity contribution in [2.24, 2.45) is 5.92 Å². The van der Waals surface area contributed by atoms with Gasteiger partial charge in [0.25, 0.3) is 5.91 Å². The summed E-state index contributed by atoms with van der Waals surface area (Å²) in [6, 6.07) is 6.40. The summed E-state index contributed by atoms with van der Waals surface area (Å²) in [5, 5.41) is 11.6. The van der Waals surface area contributed by atoms with Crippen LogP contribution in [-0.4, -0.2) is 48.2 Å². The van der Waals surface area contributed by atoms with E-state index in [1.54, 1.807) is 25.7 Å². The number of ether oxygens (including phenoxy) is 2. The molecule has 1 heterocycles. The van der Waals surface area contributed by atoms with Crippen molar-refractivity contribution in [1.29, 1.82) is 5.26 Å². The number of likely N-dealkylation sites (tertiary alicyclic amines) is 1. The van der Waals surface area contributed by atoms with Crippen molar-refractivity contribution in [3.05, 3.63) is 28.8 Å². The average molecular weight is 422 g/mol. The monoisotopic (exact) mass is 421 g/mol. The normalized spacial score (nSPS) is 14.7. The zero-order chi connectivity index (χ0) is 21.6. The van der Waals surface area contributed by atoms with Crippen LogP contribution >= 0.6 is 11.6 Å². The molecular weight excluding hydrogens is 398 g/mol. The summed E-state index contributed by atoms with van der Waals surface area (Å²) in [6.45, 7) is 5.75. The molecule has 0 unspecified atom stereocenters. The Balaban J connectivity index is 1.76. The number of amides is 2. The summed E-state index contributed by atoms with van der Waals surface area (Å²) < 4.78 is 10.4. The number of carbonyl (C=O) groups excluding carboxylic acids is 3. The van der Waals surface area contributed by atoms with Crippen LogP contribution in [0, 0.1) is 17.2 Å². The fraction of sp³-hybridized carbons (Fsp3) is 0.500. The second-order valence-electron chi connectivity index (χ2n) is 7.70. The number of esters is 1. The largest absolute Gasteiger partial charge is 0.455 e. The molecule has 1 aliphatic heterocycles. The molecule has 1 N–H and O–H groups in total. The van der Waals surface area contributed by atoms with Crippen molar-refractivity contribution in [2.75, 3.05) is 25.0 Å². The van der Waals surface area contributed by atoms with Gasteiger partial charge in [-0.2, -0.15) is 5.26 Å². The molecule has 0 aliphatic carbocycles. The highest BCUT2D eigenvalue weighted by Gasteiger charge is 2.30. The molecular formula is C20H24ClN3O5. The zero-order valence-corrected chi connectivity index (χ0v) is 17.4. The molecule has 1 aromatic carbocycles. The molecule has 29 heavy (non-hydrogen) atoms. The molecule has 0 radical (unpaired) electrons. The van der Waals surface area contributed by atoms with E-state index < -0.39 is 30.2 Å². The van der Waals surface area contributed by atoms with E-state index in [1.807, 2.05) is 6.07 Å². The van der Waals surface area contributed by atoms with Gasteiger partial charge in [0.05, 0.1) is 16.5 Å². The third-order valence-electron chi connectivity index (χ3n) is 4.20. The highest BCUT2D eigenvalue weighted by molar-refractivity contribution is 6.32. The van der Waals surface area contributed by atoms with Gasteiger partial charge >= 0.3 is 12.1 Å². The third kappa shape index (κ3) is 6.95. The molecule has 0 bridgehead atoms. The number of nitrogens with one attached hydrogen (secondary N) is 1. The molecule has 1 aromatic rings. The van der Waals surface area contributed by atoms with E-state index in [0.717, 1.165) is 0 Å². The molecule has 0 atom stereocenters. The summed E-state index contributed by atoms with van der Waals surface area (Å²) in [5.41, 5.74) is 0.133. The Kier molecular flexibility index (Phi) is 7.46. The summed E-state index contributed by atoms with van der Waals surface area (Å²) >= 11 is 5.92. The van der Waals surface area contributed by atoms with Crippen molar-refractivity contribution in [2.45, 2.75) is 39.2 Å². The molecule has 1 fully saturated rings. The fourth-order valence-corrected chi connectivity index (χ4v) is 2.98. The standard InChI is InChI=1S/C20H24ClN3O5/c1-20(2,3)29-19(27)24-8-6-13(7-9-24)18(26)28-12-17(25)23-15-5-4-14(11-22)16(21)10-15/h4-5,10,13H,6-9,12H2,1-3H3,(H,23,25). The maximum Gasteiger partial charge on any atom is 0.410 e. The zero-order valence-electron chi connectivity index (χ0n) is 16.7. The van der Waals surface area contributed by atoms with Gasteiger partial charge in [0.15, 0.2) is 6.61 Å². The van der Waals surface area contributed by atoms with E-state index in [-0.39, 0.29) is 10.9 Å². The summed E-state index contributed by atoms with van der Waals surface area (Å²) in [4.78, 5) is 37.8. The van der Waals surface area contributed by atoms with Gasteiger partial charge in [-0.05, 0) is 51.8 Å². The molecule has 156 valence electrons. The minimum absolute atomic E-state index is 0.221. The third-order valence-corrected chi connectivity index (χ3v) is 4.51. The number of rotatable bonds is 4. The molecule has 2 amide bonds. The topological polar surface area (TPSA) is 109 Å². The predicted molar refractivity (Wildman–Crippen MR) is 106 cm³/mol. The predicted octanol–water partition coefficient (Wildman–Crippen LogP) is 3.34. The van der Waals surface area contributed by atoms with Gasteiger partial charge in [0.1, 0.15) is 11.7 Å². The second kappa shape index (κ2) is 9.61. The van der Waals surface area contributed by atoms with E-state index in [4.69, 9.17) is 26.3 Å². The Morgan fingerprint density at radius 3 is 2.48 bits per heavy atom. The maximum atomic E-state index is 12.2. The lowest BCUT2D eigenvalue weighted by atomic mass is 9.97. The lowest BCUT2D eigenvalue weighted by Crippen LogP contribution is -2.43. The number of anilines is 1. The quantitative estimate of drug-likeness (QED) is 0.747. The van der Waals surface area contributed by atoms with Crippen molar-refractivity contribution in [3.8, 4) is 6.07 Å². The van der Waals surface area contributed by atoms with Crippen LogP contribution in [0.2, 0.25) is 5.02 Å². The van der Waals surface area contributed by atoms with E-state index >= 15 is 0 Å². The van der Waals surface area contributed by atoms with Gasteiger partial charge in [0.2, 0.25) is 0 Å². The number of piperidine rings is 1. The van der Waals surface area contributed by atoms with E-state index in [0.29, 0.717) is 37.2 Å². The van der Waals surface area contributed by atoms with Crippen molar-refractivity contribution >= 4 is 35.3 Å². The number of hydrogen-bond donors (Lipinski definition) is 1. The van der Waals surface area contributed by atoms with E-state index in [9.17, 15) is 14.4 Å². The van der Waals surface area contributed by atoms with Crippen LogP contribution in [0.25, 0.3) is 0 Å². The van der Waals surface area contributed by atoms with Gasteiger partial charge in [-0.1, -0.05) is 11.6 Å². The van der Waals surface area contributed by atoms with Crippen LogP contribution in [-0.2, 0) is 19.1 Å². The highest BCUT2D eigenvalue weighted by Crippen LogP contribution is 2.22. The number of hydrogen-bond acceptors (Lipinski definition) is 6. The van der Waals surface area contributed by atoms with Crippen LogP contribution < -0.4 is 5.32 Å². The average Bonchev–Trinajstić information content (AvgIpc) is 2.65. The second-order valence-corrected chi connectivity index (χ2v) is 8.11. The minimum atomic E-state index is -0.570. The Morgan fingerprint density at radius 2 is 1.93 bits per heavy atom. The number of benzene rings is 1. The molecule has 1 saturated heterocycles. The summed E-state index contributed by atoms with van der Waals surface area (Å²) in [5.74, 6) is -1.35. The molecule has 0 aromatic heterocycles. The van der Waals surface area contributed by atoms with E-state index in [2.05, 4.69) is 5.32 Å². The Bertz CT molecular complexity index is 820. The summed E-state index contributed by atoms with van der Waals surface area (Å²) in [7, 11) is 0. The van der Waals surface area contributed by atoms with E-state index in [1.165, 1.54) is 18.2 Å². The Labute approximate surface area is 174 Å². The van der Waals surface area contributed by atoms with Crippen molar-refractivity contribution < 1.29 is 23.9 Å². The molecule has 1 aliphatic rings. The number of nitrogens with zero attached hydrogens (tertiary/aromatic N) is 2. The molecule has 0 saturated carbocycles. The number of halogens is 1. The number of nitriles is 1. The van der Waals surface area contributed by atoms with Crippen LogP contribution in [0.5, 0.6) is 0 Å². The van der Waals surface area contributed by atoms with Gasteiger partial charge in [0, 0.05) is 18.8 Å². The SMILES string of the molecule is CC(C)(C)OC(=O)N1CCC(C(=O)OCC(=O)Nc2ccc(C#N)c(Cl)c2)CC1. The first-order valence-electron chi connectivity index (χ1n) is 9.23. The molecule has 9 heteroatoms. The van der Waals surface area contributed by atoms with Gasteiger partial charge in [-0.15, -0.1) is 0 Å². The van der Waals surface area contributed by atoms with Crippen LogP contribution in [0.15, 0.2) is 18.2 Å². The maximum absolute atomic E-state index is 12.2. The molecule has 0 spiro atoms. The van der Waals surface area contributed by atoms with Crippen molar-refractivity contribution in [3.63, 3.8) is 0 Å². The highest BCUT2D eigenvalue weighted by atomic mass is 35.5. The van der Waals surface area contributed by atoms with Gasteiger partial charge < -0.3 is 19.7 Å². The first kappa shape index (κ1) is 22.5. The first-order valence-corrected chi connectivity index (χ1v) is 9.61. The fourth-order valence-electron chi connectivity index (χ4n) is 2.76. The Hall–Kier alpha value is -2.79. The van der Waals surface area contributed by atoms with Gasteiger partial charge in [-0.3, -0.25) is 9.59 Å².